The smallest absolute Gasteiger partial charge is 0.239 e. The molecule has 0 spiro atoms. The number of guanidine groups is 1. The monoisotopic (exact) mass is 440 g/mol. The fourth-order valence-corrected chi connectivity index (χ4v) is 4.13. The lowest BCUT2D eigenvalue weighted by atomic mass is 9.95. The quantitative estimate of drug-likeness (QED) is 0.348. The van der Waals surface area contributed by atoms with E-state index in [1.54, 1.807) is 7.05 Å². The number of hydrogen-bond donors (Lipinski definition) is 3. The van der Waals surface area contributed by atoms with E-state index in [1.165, 1.54) is 37.9 Å². The molecule has 22 heavy (non-hydrogen) atoms. The molecule has 1 atom stereocenters. The maximum atomic E-state index is 11.9. The van der Waals surface area contributed by atoms with E-state index >= 15 is 0 Å². The Morgan fingerprint density at radius 3 is 2.55 bits per heavy atom. The zero-order valence-corrected chi connectivity index (χ0v) is 16.5. The molecule has 2 rings (SSSR count). The van der Waals surface area contributed by atoms with Crippen LogP contribution in [0.15, 0.2) is 4.99 Å². The predicted molar refractivity (Wildman–Crippen MR) is 105 cm³/mol. The Morgan fingerprint density at radius 2 is 1.91 bits per heavy atom. The first-order valence-corrected chi connectivity index (χ1v) is 9.18. The third kappa shape index (κ3) is 7.39. The van der Waals surface area contributed by atoms with Crippen LogP contribution in [0.5, 0.6) is 0 Å². The molecule has 2 fully saturated rings. The molecule has 1 saturated carbocycles. The van der Waals surface area contributed by atoms with E-state index in [1.807, 2.05) is 11.8 Å². The van der Waals surface area contributed by atoms with Crippen molar-refractivity contribution < 1.29 is 4.79 Å². The van der Waals surface area contributed by atoms with Crippen molar-refractivity contribution in [3.05, 3.63) is 0 Å². The summed E-state index contributed by atoms with van der Waals surface area (Å²) in [7, 11) is 1.75. The van der Waals surface area contributed by atoms with E-state index in [2.05, 4.69) is 20.9 Å². The molecule has 1 unspecified atom stereocenters. The zero-order valence-electron chi connectivity index (χ0n) is 13.4. The molecule has 0 aromatic carbocycles. The van der Waals surface area contributed by atoms with Crippen LogP contribution in [-0.4, -0.2) is 49.0 Å². The van der Waals surface area contributed by atoms with Crippen LogP contribution in [0, 0.1) is 0 Å². The van der Waals surface area contributed by atoms with Gasteiger partial charge in [-0.2, -0.15) is 11.8 Å². The summed E-state index contributed by atoms with van der Waals surface area (Å²) in [6.45, 7) is 1.22. The molecule has 3 N–H and O–H groups in total. The lowest BCUT2D eigenvalue weighted by Gasteiger charge is -2.23. The van der Waals surface area contributed by atoms with Gasteiger partial charge in [0.05, 0.1) is 6.54 Å². The number of nitrogens with one attached hydrogen (secondary N) is 3. The zero-order chi connectivity index (χ0) is 14.9. The topological polar surface area (TPSA) is 65.5 Å². The number of amides is 1. The number of nitrogens with zero attached hydrogens (tertiary/aromatic N) is 1. The average Bonchev–Trinajstić information content (AvgIpc) is 3.02. The second kappa shape index (κ2) is 11.4. The van der Waals surface area contributed by atoms with Gasteiger partial charge in [0, 0.05) is 24.9 Å². The van der Waals surface area contributed by atoms with Crippen LogP contribution >= 0.6 is 35.7 Å². The van der Waals surface area contributed by atoms with Gasteiger partial charge in [-0.3, -0.25) is 9.79 Å². The Morgan fingerprint density at radius 1 is 1.14 bits per heavy atom. The van der Waals surface area contributed by atoms with E-state index in [9.17, 15) is 4.79 Å². The molecule has 0 aromatic rings. The standard InChI is InChI=1S/C15H28N4OS.HI/c1-16-15(17-10-13-8-5-9-21-13)18-11-14(20)19-12-6-3-2-4-7-12;/h12-13H,2-11H2,1H3,(H,19,20)(H2,16,17,18);1H. The Bertz CT molecular complexity index is 355. The summed E-state index contributed by atoms with van der Waals surface area (Å²) in [6.07, 6.45) is 8.61. The van der Waals surface area contributed by atoms with E-state index < -0.39 is 0 Å². The van der Waals surface area contributed by atoms with Crippen LogP contribution in [0.2, 0.25) is 0 Å². The molecule has 0 aromatic heterocycles. The van der Waals surface area contributed by atoms with Gasteiger partial charge in [-0.25, -0.2) is 0 Å². The van der Waals surface area contributed by atoms with Gasteiger partial charge in [-0.15, -0.1) is 24.0 Å². The number of carbonyl (C=O) groups excluding carboxylic acids is 1. The number of hydrogen-bond acceptors (Lipinski definition) is 3. The summed E-state index contributed by atoms with van der Waals surface area (Å²) in [5.41, 5.74) is 0. The molecule has 2 aliphatic rings. The Kier molecular flexibility index (Phi) is 10.3. The van der Waals surface area contributed by atoms with Crippen molar-refractivity contribution >= 4 is 47.6 Å². The van der Waals surface area contributed by atoms with Gasteiger partial charge in [0.1, 0.15) is 0 Å². The fraction of sp³-hybridized carbons (Fsp3) is 0.867. The van der Waals surface area contributed by atoms with E-state index in [-0.39, 0.29) is 29.9 Å². The SMILES string of the molecule is CN=C(NCC(=O)NC1CCCCC1)NCC1CCCS1.I. The lowest BCUT2D eigenvalue weighted by Crippen LogP contribution is -2.46. The maximum absolute atomic E-state index is 11.9. The summed E-state index contributed by atoms with van der Waals surface area (Å²) < 4.78 is 0. The minimum absolute atomic E-state index is 0. The summed E-state index contributed by atoms with van der Waals surface area (Å²) >= 11 is 2.02. The summed E-state index contributed by atoms with van der Waals surface area (Å²) in [5.74, 6) is 2.06. The van der Waals surface area contributed by atoms with Gasteiger partial charge in [-0.1, -0.05) is 19.3 Å². The summed E-state index contributed by atoms with van der Waals surface area (Å²) in [6, 6.07) is 0.373. The van der Waals surface area contributed by atoms with E-state index in [4.69, 9.17) is 0 Å². The molecule has 128 valence electrons. The first-order chi connectivity index (χ1) is 10.3. The molecule has 1 aliphatic heterocycles. The van der Waals surface area contributed by atoms with Crippen LogP contribution in [0.3, 0.4) is 0 Å². The molecule has 5 nitrogen and oxygen atoms in total. The fourth-order valence-electron chi connectivity index (χ4n) is 2.93. The molecule has 1 aliphatic carbocycles. The van der Waals surface area contributed by atoms with Crippen LogP contribution in [0.4, 0.5) is 0 Å². The number of halogens is 1. The highest BCUT2D eigenvalue weighted by atomic mass is 127. The molecule has 1 saturated heterocycles. The van der Waals surface area contributed by atoms with Crippen molar-refractivity contribution in [1.82, 2.24) is 16.0 Å². The van der Waals surface area contributed by atoms with Crippen LogP contribution in [-0.2, 0) is 4.79 Å². The van der Waals surface area contributed by atoms with E-state index in [0.29, 0.717) is 17.8 Å². The van der Waals surface area contributed by atoms with Crippen LogP contribution in [0.25, 0.3) is 0 Å². The Hall–Kier alpha value is -0.180. The highest BCUT2D eigenvalue weighted by Gasteiger charge is 2.17. The molecular formula is C15H29IN4OS. The summed E-state index contributed by atoms with van der Waals surface area (Å²) in [5, 5.41) is 10.2. The van der Waals surface area contributed by atoms with E-state index in [0.717, 1.165) is 25.3 Å². The average molecular weight is 440 g/mol. The van der Waals surface area contributed by atoms with Crippen molar-refractivity contribution in [3.63, 3.8) is 0 Å². The van der Waals surface area contributed by atoms with Gasteiger partial charge in [0.15, 0.2) is 5.96 Å². The van der Waals surface area contributed by atoms with Crippen molar-refractivity contribution in [1.29, 1.82) is 0 Å². The molecule has 1 heterocycles. The first kappa shape index (κ1) is 19.9. The van der Waals surface area contributed by atoms with Gasteiger partial charge in [0.25, 0.3) is 0 Å². The minimum Gasteiger partial charge on any atom is -0.355 e. The first-order valence-electron chi connectivity index (χ1n) is 8.13. The van der Waals surface area contributed by atoms with Crippen molar-refractivity contribution in [2.45, 2.75) is 56.2 Å². The second-order valence-electron chi connectivity index (χ2n) is 5.84. The number of carbonyl (C=O) groups is 1. The Labute approximate surface area is 155 Å². The highest BCUT2D eigenvalue weighted by molar-refractivity contribution is 14.0. The van der Waals surface area contributed by atoms with Gasteiger partial charge < -0.3 is 16.0 Å². The highest BCUT2D eigenvalue weighted by Crippen LogP contribution is 2.25. The number of aliphatic imine (C=N–C) groups is 1. The number of thioether (sulfide) groups is 1. The second-order valence-corrected chi connectivity index (χ2v) is 7.25. The third-order valence-corrected chi connectivity index (χ3v) is 5.53. The van der Waals surface area contributed by atoms with Crippen LogP contribution < -0.4 is 16.0 Å². The van der Waals surface area contributed by atoms with Gasteiger partial charge >= 0.3 is 0 Å². The van der Waals surface area contributed by atoms with Crippen molar-refractivity contribution in [3.8, 4) is 0 Å². The Balaban J connectivity index is 0.00000242. The molecule has 0 radical (unpaired) electrons. The molecule has 1 amide bonds. The van der Waals surface area contributed by atoms with Crippen molar-refractivity contribution in [2.24, 2.45) is 4.99 Å². The van der Waals surface area contributed by atoms with Gasteiger partial charge in [-0.05, 0) is 31.4 Å². The molecular weight excluding hydrogens is 411 g/mol. The minimum atomic E-state index is 0. The van der Waals surface area contributed by atoms with Crippen LogP contribution in [0.1, 0.15) is 44.9 Å². The number of rotatable bonds is 5. The summed E-state index contributed by atoms with van der Waals surface area (Å²) in [4.78, 5) is 16.1. The van der Waals surface area contributed by atoms with Crippen molar-refractivity contribution in [2.75, 3.05) is 25.9 Å². The normalized spacial score (nSPS) is 22.8. The molecule has 7 heteroatoms. The molecule has 0 bridgehead atoms. The lowest BCUT2D eigenvalue weighted by molar-refractivity contribution is -0.120. The third-order valence-electron chi connectivity index (χ3n) is 4.13. The largest absolute Gasteiger partial charge is 0.355 e. The maximum Gasteiger partial charge on any atom is 0.239 e. The van der Waals surface area contributed by atoms with Gasteiger partial charge in [0.2, 0.25) is 5.91 Å². The predicted octanol–water partition coefficient (Wildman–Crippen LogP) is 2.11.